The molecule has 28 heavy (non-hydrogen) atoms. The zero-order valence-electron chi connectivity index (χ0n) is 15.1. The van der Waals surface area contributed by atoms with Crippen molar-refractivity contribution in [2.45, 2.75) is 43.6 Å². The maximum absolute atomic E-state index is 13.3. The number of halogens is 2. The van der Waals surface area contributed by atoms with E-state index >= 15 is 0 Å². The number of thiazole rings is 1. The quantitative estimate of drug-likeness (QED) is 0.466. The number of anilines is 1. The van der Waals surface area contributed by atoms with Crippen LogP contribution in [0.15, 0.2) is 36.8 Å². The van der Waals surface area contributed by atoms with Crippen molar-refractivity contribution < 1.29 is 4.39 Å². The molecular weight excluding hydrogens is 397 g/mol. The van der Waals surface area contributed by atoms with Crippen LogP contribution in [0, 0.1) is 5.82 Å². The average Bonchev–Trinajstić information content (AvgIpc) is 3.26. The van der Waals surface area contributed by atoms with Gasteiger partial charge >= 0.3 is 0 Å². The largest absolute Gasteiger partial charge is 0.357 e. The van der Waals surface area contributed by atoms with E-state index in [0.717, 1.165) is 33.8 Å². The molecule has 1 fully saturated rings. The maximum Gasteiger partial charge on any atom is 0.184 e. The molecule has 0 radical (unpaired) electrons. The molecule has 0 bridgehead atoms. The van der Waals surface area contributed by atoms with Crippen LogP contribution in [-0.2, 0) is 6.54 Å². The summed E-state index contributed by atoms with van der Waals surface area (Å²) >= 11 is 8.12. The van der Waals surface area contributed by atoms with Crippen LogP contribution in [0.4, 0.5) is 9.52 Å². The Balaban J connectivity index is 1.38. The molecule has 0 aliphatic heterocycles. The maximum atomic E-state index is 13.3. The highest BCUT2D eigenvalue weighted by molar-refractivity contribution is 7.22. The molecule has 144 valence electrons. The summed E-state index contributed by atoms with van der Waals surface area (Å²) in [5.74, 6) is -0.374. The molecular formula is C20H19ClFN5S. The van der Waals surface area contributed by atoms with Crippen LogP contribution < -0.4 is 5.32 Å². The van der Waals surface area contributed by atoms with Crippen molar-refractivity contribution in [3.05, 3.63) is 48.2 Å². The SMILES string of the molecule is Fc1cnc2c(c1)ncn2Cc1ccc2nc(NC3CCCC[C@H]3Cl)sc2c1. The van der Waals surface area contributed by atoms with E-state index in [2.05, 4.69) is 27.4 Å². The Morgan fingerprint density at radius 2 is 2.07 bits per heavy atom. The molecule has 3 aromatic heterocycles. The average molecular weight is 416 g/mol. The first kappa shape index (κ1) is 17.8. The number of pyridine rings is 1. The topological polar surface area (TPSA) is 55.6 Å². The lowest BCUT2D eigenvalue weighted by Gasteiger charge is -2.27. The first-order valence-electron chi connectivity index (χ1n) is 9.42. The predicted octanol–water partition coefficient (Wildman–Crippen LogP) is 5.19. The Morgan fingerprint density at radius 3 is 2.96 bits per heavy atom. The zero-order valence-corrected chi connectivity index (χ0v) is 16.7. The molecule has 8 heteroatoms. The van der Waals surface area contributed by atoms with Crippen LogP contribution in [0.5, 0.6) is 0 Å². The molecule has 4 aromatic rings. The predicted molar refractivity (Wildman–Crippen MR) is 112 cm³/mol. The van der Waals surface area contributed by atoms with Crippen molar-refractivity contribution in [1.29, 1.82) is 0 Å². The fourth-order valence-corrected chi connectivity index (χ4v) is 5.11. The number of hydrogen-bond acceptors (Lipinski definition) is 5. The lowest BCUT2D eigenvalue weighted by Crippen LogP contribution is -2.32. The first-order valence-corrected chi connectivity index (χ1v) is 10.7. The number of hydrogen-bond donors (Lipinski definition) is 1. The molecule has 1 aliphatic rings. The number of aromatic nitrogens is 4. The fraction of sp³-hybridized carbons (Fsp3) is 0.350. The Hall–Kier alpha value is -2.25. The number of benzene rings is 1. The molecule has 1 aliphatic carbocycles. The molecule has 0 spiro atoms. The van der Waals surface area contributed by atoms with Gasteiger partial charge in [0.05, 0.1) is 34.7 Å². The lowest BCUT2D eigenvalue weighted by atomic mass is 9.95. The van der Waals surface area contributed by atoms with Crippen LogP contribution in [0.2, 0.25) is 0 Å². The van der Waals surface area contributed by atoms with E-state index in [1.807, 2.05) is 10.6 Å². The van der Waals surface area contributed by atoms with E-state index in [0.29, 0.717) is 23.8 Å². The third-order valence-corrected chi connectivity index (χ3v) is 6.69. The molecule has 1 aromatic carbocycles. The second kappa shape index (κ2) is 7.29. The normalized spacial score (nSPS) is 20.1. The summed E-state index contributed by atoms with van der Waals surface area (Å²) in [5.41, 5.74) is 3.35. The van der Waals surface area contributed by atoms with Crippen LogP contribution in [0.1, 0.15) is 31.2 Å². The van der Waals surface area contributed by atoms with Crippen molar-refractivity contribution in [3.8, 4) is 0 Å². The third kappa shape index (κ3) is 3.44. The van der Waals surface area contributed by atoms with Gasteiger partial charge in [0, 0.05) is 12.1 Å². The van der Waals surface area contributed by atoms with Crippen LogP contribution in [-0.4, -0.2) is 30.9 Å². The van der Waals surface area contributed by atoms with Crippen molar-refractivity contribution in [1.82, 2.24) is 19.5 Å². The van der Waals surface area contributed by atoms with E-state index in [1.165, 1.54) is 25.1 Å². The molecule has 1 saturated carbocycles. The molecule has 2 atom stereocenters. The van der Waals surface area contributed by atoms with Crippen LogP contribution >= 0.6 is 22.9 Å². The van der Waals surface area contributed by atoms with Crippen molar-refractivity contribution in [3.63, 3.8) is 0 Å². The van der Waals surface area contributed by atoms with E-state index in [4.69, 9.17) is 16.6 Å². The minimum Gasteiger partial charge on any atom is -0.357 e. The molecule has 3 heterocycles. The summed E-state index contributed by atoms with van der Waals surface area (Å²) < 4.78 is 16.4. The second-order valence-electron chi connectivity index (χ2n) is 7.24. The van der Waals surface area contributed by atoms with E-state index < -0.39 is 0 Å². The Bertz CT molecular complexity index is 1140. The highest BCUT2D eigenvalue weighted by Crippen LogP contribution is 2.31. The minimum absolute atomic E-state index is 0.170. The van der Waals surface area contributed by atoms with Gasteiger partial charge in [0.2, 0.25) is 0 Å². The third-order valence-electron chi connectivity index (χ3n) is 5.22. The lowest BCUT2D eigenvalue weighted by molar-refractivity contribution is 0.469. The summed E-state index contributed by atoms with van der Waals surface area (Å²) in [6.07, 6.45) is 7.50. The van der Waals surface area contributed by atoms with Gasteiger partial charge in [-0.15, -0.1) is 11.6 Å². The number of alkyl halides is 1. The van der Waals surface area contributed by atoms with Crippen LogP contribution in [0.3, 0.4) is 0 Å². The van der Waals surface area contributed by atoms with Gasteiger partial charge in [-0.05, 0) is 30.5 Å². The minimum atomic E-state index is -0.374. The zero-order chi connectivity index (χ0) is 19.1. The number of imidazole rings is 1. The monoisotopic (exact) mass is 415 g/mol. The highest BCUT2D eigenvalue weighted by Gasteiger charge is 2.23. The van der Waals surface area contributed by atoms with Gasteiger partial charge in [0.15, 0.2) is 10.8 Å². The molecule has 0 amide bonds. The molecule has 5 nitrogen and oxygen atoms in total. The van der Waals surface area contributed by atoms with Gasteiger partial charge in [-0.1, -0.05) is 30.2 Å². The Kier molecular flexibility index (Phi) is 4.64. The van der Waals surface area contributed by atoms with Gasteiger partial charge in [0.1, 0.15) is 11.3 Å². The van der Waals surface area contributed by atoms with Gasteiger partial charge in [-0.2, -0.15) is 0 Å². The molecule has 5 rings (SSSR count). The van der Waals surface area contributed by atoms with Crippen LogP contribution in [0.25, 0.3) is 21.4 Å². The van der Waals surface area contributed by atoms with Gasteiger partial charge in [0.25, 0.3) is 0 Å². The summed E-state index contributed by atoms with van der Waals surface area (Å²) in [7, 11) is 0. The number of nitrogens with zero attached hydrogens (tertiary/aromatic N) is 4. The second-order valence-corrected chi connectivity index (χ2v) is 8.83. The highest BCUT2D eigenvalue weighted by atomic mass is 35.5. The summed E-state index contributed by atoms with van der Waals surface area (Å²) in [6, 6.07) is 7.94. The summed E-state index contributed by atoms with van der Waals surface area (Å²) in [5, 5.41) is 4.62. The van der Waals surface area contributed by atoms with Crippen molar-refractivity contribution in [2.24, 2.45) is 0 Å². The number of nitrogens with one attached hydrogen (secondary N) is 1. The van der Waals surface area contributed by atoms with Gasteiger partial charge < -0.3 is 9.88 Å². The van der Waals surface area contributed by atoms with E-state index in [-0.39, 0.29) is 11.2 Å². The van der Waals surface area contributed by atoms with Gasteiger partial charge in [-0.3, -0.25) is 0 Å². The fourth-order valence-electron chi connectivity index (χ4n) is 3.77. The smallest absolute Gasteiger partial charge is 0.184 e. The molecule has 0 saturated heterocycles. The number of fused-ring (bicyclic) bond motifs is 2. The summed E-state index contributed by atoms with van der Waals surface area (Å²) in [4.78, 5) is 13.1. The first-order chi connectivity index (χ1) is 13.7. The summed E-state index contributed by atoms with van der Waals surface area (Å²) in [6.45, 7) is 0.623. The number of rotatable bonds is 4. The Morgan fingerprint density at radius 1 is 1.18 bits per heavy atom. The Labute approximate surface area is 170 Å². The van der Waals surface area contributed by atoms with Crippen molar-refractivity contribution >= 4 is 49.4 Å². The van der Waals surface area contributed by atoms with E-state index in [9.17, 15) is 4.39 Å². The van der Waals surface area contributed by atoms with Crippen molar-refractivity contribution in [2.75, 3.05) is 5.32 Å². The van der Waals surface area contributed by atoms with Gasteiger partial charge in [-0.25, -0.2) is 19.3 Å². The molecule has 1 N–H and O–H groups in total. The standard InChI is InChI=1S/C20H19ClFN5S/c21-14-3-1-2-4-15(14)25-20-26-16-6-5-12(7-18(16)28-20)10-27-11-24-17-8-13(22)9-23-19(17)27/h5-9,11,14-15H,1-4,10H2,(H,25,26)/t14-,15?/m1/s1. The van der Waals surface area contributed by atoms with E-state index in [1.54, 1.807) is 17.7 Å². The molecule has 1 unspecified atom stereocenters.